The van der Waals surface area contributed by atoms with Crippen LogP contribution in [-0.4, -0.2) is 63.5 Å². The van der Waals surface area contributed by atoms with Crippen LogP contribution in [0.1, 0.15) is 43.9 Å². The number of methoxy groups -OCH3 is 2. The van der Waals surface area contributed by atoms with Crippen molar-refractivity contribution in [2.45, 2.75) is 52.4 Å². The van der Waals surface area contributed by atoms with E-state index >= 15 is 0 Å². The molecule has 2 amide bonds. The molecule has 5 rings (SSSR count). The lowest BCUT2D eigenvalue weighted by atomic mass is 10.1. The van der Waals surface area contributed by atoms with Gasteiger partial charge in [-0.15, -0.1) is 10.2 Å². The Hall–Kier alpha value is -5.07. The molecule has 0 radical (unpaired) electrons. The average Bonchev–Trinajstić information content (AvgIpc) is 3.72. The number of aryl methyl sites for hydroxylation is 1. The molecule has 2 aromatic heterocycles. The highest BCUT2D eigenvalue weighted by atomic mass is 16.7. The summed E-state index contributed by atoms with van der Waals surface area (Å²) >= 11 is 0. The molecule has 1 aliphatic heterocycles. The molecule has 1 N–H and O–H groups in total. The van der Waals surface area contributed by atoms with Crippen molar-refractivity contribution in [3.05, 3.63) is 65.6 Å². The molecule has 4 aromatic rings. The van der Waals surface area contributed by atoms with Crippen LogP contribution in [0, 0.1) is 6.92 Å². The normalized spacial score (nSPS) is 13.0. The molecule has 1 atom stereocenters. The molecule has 2 aromatic carbocycles. The van der Waals surface area contributed by atoms with Crippen LogP contribution >= 0.6 is 0 Å². The van der Waals surface area contributed by atoms with Crippen molar-refractivity contribution in [1.29, 1.82) is 0 Å². The van der Waals surface area contributed by atoms with Crippen LogP contribution in [0.2, 0.25) is 0 Å². The summed E-state index contributed by atoms with van der Waals surface area (Å²) in [6, 6.07) is 13.0. The fourth-order valence-electron chi connectivity index (χ4n) is 4.64. The molecule has 0 saturated carbocycles. The van der Waals surface area contributed by atoms with E-state index in [0.29, 0.717) is 45.9 Å². The van der Waals surface area contributed by atoms with E-state index in [1.54, 1.807) is 56.5 Å². The quantitative estimate of drug-likeness (QED) is 0.291. The molecule has 1 aliphatic rings. The van der Waals surface area contributed by atoms with Crippen molar-refractivity contribution in [3.63, 3.8) is 0 Å². The maximum Gasteiger partial charge on any atom is 0.251 e. The third kappa shape index (κ3) is 6.71. The predicted molar refractivity (Wildman–Crippen MR) is 154 cm³/mol. The summed E-state index contributed by atoms with van der Waals surface area (Å²) in [5.41, 5.74) is 0.792. The predicted octanol–water partition coefficient (Wildman–Crippen LogP) is 3.67. The molecule has 226 valence electrons. The van der Waals surface area contributed by atoms with Crippen LogP contribution in [0.3, 0.4) is 0 Å². The van der Waals surface area contributed by atoms with E-state index in [1.807, 2.05) is 26.8 Å². The highest BCUT2D eigenvalue weighted by Gasteiger charge is 2.36. The van der Waals surface area contributed by atoms with Gasteiger partial charge in [0, 0.05) is 17.6 Å². The molecule has 13 nitrogen and oxygen atoms in total. The van der Waals surface area contributed by atoms with Gasteiger partial charge in [-0.05, 0) is 80.9 Å². The first kappa shape index (κ1) is 29.4. The van der Waals surface area contributed by atoms with E-state index in [0.717, 1.165) is 5.56 Å². The molecule has 3 heterocycles. The highest BCUT2D eigenvalue weighted by Crippen LogP contribution is 2.34. The Morgan fingerprint density at radius 2 is 1.79 bits per heavy atom. The third-order valence-corrected chi connectivity index (χ3v) is 6.57. The van der Waals surface area contributed by atoms with Crippen molar-refractivity contribution in [2.24, 2.45) is 0 Å². The van der Waals surface area contributed by atoms with Gasteiger partial charge in [0.25, 0.3) is 5.91 Å². The maximum absolute atomic E-state index is 14.1. The minimum Gasteiger partial charge on any atom is -0.493 e. The van der Waals surface area contributed by atoms with E-state index in [-0.39, 0.29) is 19.9 Å². The van der Waals surface area contributed by atoms with Gasteiger partial charge < -0.3 is 33.6 Å². The number of furan rings is 1. The molecule has 0 unspecified atom stereocenters. The zero-order valence-corrected chi connectivity index (χ0v) is 24.9. The maximum atomic E-state index is 14.1. The summed E-state index contributed by atoms with van der Waals surface area (Å²) in [5.74, 6) is 2.63. The Bertz CT molecular complexity index is 1620. The number of benzene rings is 2. The molecular weight excluding hydrogens is 556 g/mol. The standard InChI is InChI=1S/C30H34N6O7/c1-18-7-10-23(43-18)27(29(38)31-30(2,3)4)35(15-19-8-11-22-25(13-19)42-17-41-22)26(37)16-36-33-28(32-34-36)20-9-12-21(39-5)24(14-20)40-6/h7-14,27H,15-17H2,1-6H3,(H,31,38)/t27-/m0/s1. The minimum absolute atomic E-state index is 0.0642. The summed E-state index contributed by atoms with van der Waals surface area (Å²) in [4.78, 5) is 30.4. The Balaban J connectivity index is 1.48. The second-order valence-electron chi connectivity index (χ2n) is 11.0. The SMILES string of the molecule is COc1ccc(-c2nnn(CC(=O)N(Cc3ccc4c(c3)OCO4)[C@H](C(=O)NC(C)(C)C)c3ccc(C)o3)n2)cc1OC. The number of hydrogen-bond donors (Lipinski definition) is 1. The number of ether oxygens (including phenoxy) is 4. The van der Waals surface area contributed by atoms with Crippen molar-refractivity contribution >= 4 is 11.8 Å². The van der Waals surface area contributed by atoms with E-state index < -0.39 is 23.4 Å². The highest BCUT2D eigenvalue weighted by molar-refractivity contribution is 5.88. The van der Waals surface area contributed by atoms with Crippen molar-refractivity contribution in [2.75, 3.05) is 21.0 Å². The van der Waals surface area contributed by atoms with Gasteiger partial charge >= 0.3 is 0 Å². The summed E-state index contributed by atoms with van der Waals surface area (Å²) in [7, 11) is 3.08. The van der Waals surface area contributed by atoms with Crippen molar-refractivity contribution in [3.8, 4) is 34.4 Å². The molecule has 0 aliphatic carbocycles. The number of aromatic nitrogens is 4. The number of fused-ring (bicyclic) bond motifs is 1. The zero-order chi connectivity index (χ0) is 30.7. The van der Waals surface area contributed by atoms with Gasteiger partial charge in [0.2, 0.25) is 18.5 Å². The van der Waals surface area contributed by atoms with Crippen LogP contribution in [0.15, 0.2) is 52.9 Å². The summed E-state index contributed by atoms with van der Waals surface area (Å²) in [5, 5.41) is 15.6. The lowest BCUT2D eigenvalue weighted by molar-refractivity contribution is -0.143. The first-order valence-electron chi connectivity index (χ1n) is 13.6. The number of rotatable bonds is 10. The van der Waals surface area contributed by atoms with E-state index in [2.05, 4.69) is 20.7 Å². The second-order valence-corrected chi connectivity index (χ2v) is 11.0. The second kappa shape index (κ2) is 12.0. The monoisotopic (exact) mass is 590 g/mol. The fraction of sp³-hybridized carbons (Fsp3) is 0.367. The molecule has 0 saturated heterocycles. The molecule has 0 fully saturated rings. The van der Waals surface area contributed by atoms with Gasteiger partial charge in [0.1, 0.15) is 18.1 Å². The Morgan fingerprint density at radius 3 is 2.49 bits per heavy atom. The van der Waals surface area contributed by atoms with E-state index in [1.165, 1.54) is 16.8 Å². The number of nitrogens with one attached hydrogen (secondary N) is 1. The van der Waals surface area contributed by atoms with Crippen LogP contribution < -0.4 is 24.3 Å². The lowest BCUT2D eigenvalue weighted by Gasteiger charge is -2.32. The van der Waals surface area contributed by atoms with Crippen LogP contribution in [0.5, 0.6) is 23.0 Å². The van der Waals surface area contributed by atoms with Gasteiger partial charge in [-0.2, -0.15) is 4.80 Å². The average molecular weight is 591 g/mol. The number of carbonyl (C=O) groups is 2. The molecule has 43 heavy (non-hydrogen) atoms. The number of carbonyl (C=O) groups excluding carboxylic acids is 2. The number of amides is 2. The third-order valence-electron chi connectivity index (χ3n) is 6.57. The summed E-state index contributed by atoms with van der Waals surface area (Å²) in [6.07, 6.45) is 0. The smallest absolute Gasteiger partial charge is 0.251 e. The largest absolute Gasteiger partial charge is 0.493 e. The minimum atomic E-state index is -1.08. The van der Waals surface area contributed by atoms with Crippen LogP contribution in [-0.2, 0) is 22.7 Å². The van der Waals surface area contributed by atoms with E-state index in [9.17, 15) is 9.59 Å². The summed E-state index contributed by atoms with van der Waals surface area (Å²) < 4.78 is 27.6. The van der Waals surface area contributed by atoms with Crippen LogP contribution in [0.4, 0.5) is 0 Å². The van der Waals surface area contributed by atoms with E-state index in [4.69, 9.17) is 23.4 Å². The Morgan fingerprint density at radius 1 is 1.02 bits per heavy atom. The first-order valence-corrected chi connectivity index (χ1v) is 13.6. The van der Waals surface area contributed by atoms with Crippen molar-refractivity contribution < 1.29 is 33.0 Å². The number of hydrogen-bond acceptors (Lipinski definition) is 10. The van der Waals surface area contributed by atoms with Crippen molar-refractivity contribution in [1.82, 2.24) is 30.4 Å². The fourth-order valence-corrected chi connectivity index (χ4v) is 4.64. The summed E-state index contributed by atoms with van der Waals surface area (Å²) in [6.45, 7) is 7.28. The number of nitrogens with zero attached hydrogens (tertiary/aromatic N) is 5. The van der Waals surface area contributed by atoms with Gasteiger partial charge in [-0.1, -0.05) is 6.07 Å². The molecule has 0 spiro atoms. The zero-order valence-electron chi connectivity index (χ0n) is 24.9. The molecule has 0 bridgehead atoms. The molecule has 13 heteroatoms. The first-order chi connectivity index (χ1) is 20.5. The number of tetrazole rings is 1. The molecular formula is C30H34N6O7. The van der Waals surface area contributed by atoms with Gasteiger partial charge in [0.15, 0.2) is 29.0 Å². The Kier molecular flexibility index (Phi) is 8.24. The lowest BCUT2D eigenvalue weighted by Crippen LogP contribution is -2.49. The van der Waals surface area contributed by atoms with Gasteiger partial charge in [0.05, 0.1) is 14.2 Å². The topological polar surface area (TPSA) is 143 Å². The Labute approximate surface area is 248 Å². The van der Waals surface area contributed by atoms with Gasteiger partial charge in [-0.25, -0.2) is 0 Å². The van der Waals surface area contributed by atoms with Gasteiger partial charge in [-0.3, -0.25) is 9.59 Å². The van der Waals surface area contributed by atoms with Crippen LogP contribution in [0.25, 0.3) is 11.4 Å².